The van der Waals surface area contributed by atoms with Crippen LogP contribution in [0, 0.1) is 5.82 Å². The third kappa shape index (κ3) is 2.70. The molecule has 24 heavy (non-hydrogen) atoms. The van der Waals surface area contributed by atoms with Gasteiger partial charge in [0, 0.05) is 11.1 Å². The zero-order valence-electron chi connectivity index (χ0n) is 12.3. The predicted octanol–water partition coefficient (Wildman–Crippen LogP) is 5.43. The molecule has 6 heteroatoms. The number of nitrogens with one attached hydrogen (secondary N) is 1. The molecular weight excluding hydrogens is 329 g/mol. The Bertz CT molecular complexity index is 1020. The normalized spacial score (nSPS) is 10.9. The third-order valence-electron chi connectivity index (χ3n) is 3.53. The maximum absolute atomic E-state index is 13.3. The smallest absolute Gasteiger partial charge is 0.198 e. The Hall–Kier alpha value is -2.92. The van der Waals surface area contributed by atoms with Crippen LogP contribution in [0.25, 0.3) is 22.5 Å². The number of anilines is 2. The van der Waals surface area contributed by atoms with Crippen molar-refractivity contribution < 1.29 is 8.81 Å². The monoisotopic (exact) mass is 339 g/mol. The molecule has 0 saturated heterocycles. The van der Waals surface area contributed by atoms with E-state index in [0.29, 0.717) is 23.1 Å². The first-order chi connectivity index (χ1) is 11.7. The molecular formula is C18H11ClFN3O. The van der Waals surface area contributed by atoms with E-state index in [1.54, 1.807) is 24.5 Å². The molecule has 0 aliphatic heterocycles. The van der Waals surface area contributed by atoms with Gasteiger partial charge in [-0.1, -0.05) is 23.7 Å². The first kappa shape index (κ1) is 14.7. The number of halogens is 2. The molecule has 4 rings (SSSR count). The van der Waals surface area contributed by atoms with Gasteiger partial charge in [0.2, 0.25) is 0 Å². The molecule has 0 fully saturated rings. The molecule has 0 saturated carbocycles. The fourth-order valence-corrected chi connectivity index (χ4v) is 2.58. The lowest BCUT2D eigenvalue weighted by molar-refractivity contribution is 0.577. The topological polar surface area (TPSA) is 51.0 Å². The van der Waals surface area contributed by atoms with Gasteiger partial charge in [0.05, 0.1) is 16.8 Å². The van der Waals surface area contributed by atoms with E-state index in [9.17, 15) is 4.39 Å². The average molecular weight is 340 g/mol. The summed E-state index contributed by atoms with van der Waals surface area (Å²) >= 11 is 5.85. The quantitative estimate of drug-likeness (QED) is 0.541. The Morgan fingerprint density at radius 3 is 2.67 bits per heavy atom. The zero-order chi connectivity index (χ0) is 16.5. The van der Waals surface area contributed by atoms with Gasteiger partial charge in [-0.3, -0.25) is 0 Å². The van der Waals surface area contributed by atoms with Crippen LogP contribution in [0.2, 0.25) is 5.02 Å². The SMILES string of the molecule is Fc1ccc(Nc2nc(-c3ccco3)nc3ccccc23)cc1Cl. The van der Waals surface area contributed by atoms with Gasteiger partial charge < -0.3 is 9.73 Å². The first-order valence-corrected chi connectivity index (χ1v) is 7.61. The number of nitrogens with zero attached hydrogens (tertiary/aromatic N) is 2. The van der Waals surface area contributed by atoms with E-state index in [-0.39, 0.29) is 5.02 Å². The summed E-state index contributed by atoms with van der Waals surface area (Å²) in [5.74, 6) is 1.16. The third-order valence-corrected chi connectivity index (χ3v) is 3.82. The maximum Gasteiger partial charge on any atom is 0.198 e. The highest BCUT2D eigenvalue weighted by Crippen LogP contribution is 2.28. The lowest BCUT2D eigenvalue weighted by Gasteiger charge is -2.10. The van der Waals surface area contributed by atoms with Crippen molar-refractivity contribution >= 4 is 34.0 Å². The second-order valence-electron chi connectivity index (χ2n) is 5.14. The molecule has 0 unspecified atom stereocenters. The lowest BCUT2D eigenvalue weighted by Crippen LogP contribution is -1.99. The van der Waals surface area contributed by atoms with Crippen LogP contribution < -0.4 is 5.32 Å². The fourth-order valence-electron chi connectivity index (χ4n) is 2.40. The number of aromatic nitrogens is 2. The van der Waals surface area contributed by atoms with E-state index in [0.717, 1.165) is 10.9 Å². The number of hydrogen-bond donors (Lipinski definition) is 1. The van der Waals surface area contributed by atoms with E-state index in [1.807, 2.05) is 24.3 Å². The molecule has 4 aromatic rings. The van der Waals surface area contributed by atoms with E-state index in [2.05, 4.69) is 15.3 Å². The Morgan fingerprint density at radius 2 is 1.88 bits per heavy atom. The molecule has 0 aliphatic carbocycles. The second-order valence-corrected chi connectivity index (χ2v) is 5.55. The molecule has 0 atom stereocenters. The Labute approximate surface area is 141 Å². The zero-order valence-corrected chi connectivity index (χ0v) is 13.1. The molecule has 0 bridgehead atoms. The lowest BCUT2D eigenvalue weighted by atomic mass is 10.2. The van der Waals surface area contributed by atoms with Crippen molar-refractivity contribution in [2.24, 2.45) is 0 Å². The summed E-state index contributed by atoms with van der Waals surface area (Å²) in [5, 5.41) is 4.06. The van der Waals surface area contributed by atoms with Crippen molar-refractivity contribution in [1.29, 1.82) is 0 Å². The van der Waals surface area contributed by atoms with Crippen LogP contribution in [0.3, 0.4) is 0 Å². The summed E-state index contributed by atoms with van der Waals surface area (Å²) in [6, 6.07) is 15.6. The van der Waals surface area contributed by atoms with Gasteiger partial charge >= 0.3 is 0 Å². The molecule has 2 aromatic heterocycles. The van der Waals surface area contributed by atoms with E-state index >= 15 is 0 Å². The number of benzene rings is 2. The van der Waals surface area contributed by atoms with E-state index < -0.39 is 5.82 Å². The molecule has 118 valence electrons. The summed E-state index contributed by atoms with van der Waals surface area (Å²) < 4.78 is 18.7. The summed E-state index contributed by atoms with van der Waals surface area (Å²) in [5.41, 5.74) is 1.41. The standard InChI is InChI=1S/C18H11ClFN3O/c19-13-10-11(7-8-14(13)20)21-17-12-4-1-2-5-15(12)22-18(23-17)16-6-3-9-24-16/h1-10H,(H,21,22,23). The Kier molecular flexibility index (Phi) is 3.63. The van der Waals surface area contributed by atoms with Gasteiger partial charge in [0.1, 0.15) is 11.6 Å². The molecule has 1 N–H and O–H groups in total. The van der Waals surface area contributed by atoms with Crippen LogP contribution in [0.5, 0.6) is 0 Å². The summed E-state index contributed by atoms with van der Waals surface area (Å²) in [7, 11) is 0. The van der Waals surface area contributed by atoms with E-state index in [1.165, 1.54) is 12.1 Å². The van der Waals surface area contributed by atoms with Gasteiger partial charge in [0.15, 0.2) is 11.6 Å². The maximum atomic E-state index is 13.3. The van der Waals surface area contributed by atoms with Crippen molar-refractivity contribution in [2.75, 3.05) is 5.32 Å². The minimum absolute atomic E-state index is 0.0459. The molecule has 2 heterocycles. The molecule has 0 amide bonds. The van der Waals surface area contributed by atoms with Gasteiger partial charge in [0.25, 0.3) is 0 Å². The van der Waals surface area contributed by atoms with Crippen molar-refractivity contribution in [3.05, 3.63) is 71.7 Å². The number of rotatable bonds is 3. The van der Waals surface area contributed by atoms with Gasteiger partial charge in [-0.05, 0) is 42.5 Å². The number of para-hydroxylation sites is 1. The minimum Gasteiger partial charge on any atom is -0.461 e. The fraction of sp³-hybridized carbons (Fsp3) is 0. The molecule has 4 nitrogen and oxygen atoms in total. The highest BCUT2D eigenvalue weighted by Gasteiger charge is 2.12. The van der Waals surface area contributed by atoms with Crippen LogP contribution in [0.4, 0.5) is 15.9 Å². The van der Waals surface area contributed by atoms with Crippen LogP contribution in [0.15, 0.2) is 65.3 Å². The van der Waals surface area contributed by atoms with Gasteiger partial charge in [-0.2, -0.15) is 0 Å². The highest BCUT2D eigenvalue weighted by atomic mass is 35.5. The molecule has 0 spiro atoms. The number of hydrogen-bond acceptors (Lipinski definition) is 4. The average Bonchev–Trinajstić information content (AvgIpc) is 3.13. The predicted molar refractivity (Wildman–Crippen MR) is 91.9 cm³/mol. The second kappa shape index (κ2) is 5.94. The summed E-state index contributed by atoms with van der Waals surface area (Å²) in [6.45, 7) is 0. The van der Waals surface area contributed by atoms with Gasteiger partial charge in [-0.25, -0.2) is 14.4 Å². The highest BCUT2D eigenvalue weighted by molar-refractivity contribution is 6.31. The molecule has 0 radical (unpaired) electrons. The summed E-state index contributed by atoms with van der Waals surface area (Å²) in [4.78, 5) is 9.06. The molecule has 0 aliphatic rings. The first-order valence-electron chi connectivity index (χ1n) is 7.23. The van der Waals surface area contributed by atoms with Crippen LogP contribution in [-0.2, 0) is 0 Å². The molecule has 2 aromatic carbocycles. The number of fused-ring (bicyclic) bond motifs is 1. The van der Waals surface area contributed by atoms with Crippen molar-refractivity contribution in [2.45, 2.75) is 0 Å². The number of furan rings is 1. The van der Waals surface area contributed by atoms with Crippen molar-refractivity contribution in [1.82, 2.24) is 9.97 Å². The van der Waals surface area contributed by atoms with Crippen LogP contribution in [-0.4, -0.2) is 9.97 Å². The van der Waals surface area contributed by atoms with Crippen molar-refractivity contribution in [3.63, 3.8) is 0 Å². The largest absolute Gasteiger partial charge is 0.461 e. The minimum atomic E-state index is -0.467. The summed E-state index contributed by atoms with van der Waals surface area (Å²) in [6.07, 6.45) is 1.57. The van der Waals surface area contributed by atoms with Crippen LogP contribution >= 0.6 is 11.6 Å². The van der Waals surface area contributed by atoms with Crippen LogP contribution in [0.1, 0.15) is 0 Å². The van der Waals surface area contributed by atoms with E-state index in [4.69, 9.17) is 16.0 Å². The Morgan fingerprint density at radius 1 is 1.00 bits per heavy atom. The van der Waals surface area contributed by atoms with Gasteiger partial charge in [-0.15, -0.1) is 0 Å². The Balaban J connectivity index is 1.85. The van der Waals surface area contributed by atoms with Crippen molar-refractivity contribution in [3.8, 4) is 11.6 Å².